The maximum Gasteiger partial charge on any atom is 0.250 e. The number of rotatable bonds is 4. The highest BCUT2D eigenvalue weighted by atomic mass is 16.2. The van der Waals surface area contributed by atoms with Gasteiger partial charge >= 0.3 is 0 Å². The van der Waals surface area contributed by atoms with Gasteiger partial charge in [-0.25, -0.2) is 0 Å². The molecule has 0 aromatic heterocycles. The molecule has 5 heteroatoms. The Bertz CT molecular complexity index is 475. The zero-order valence-corrected chi connectivity index (χ0v) is 10.1. The molecule has 2 amide bonds. The van der Waals surface area contributed by atoms with Crippen LogP contribution in [0.25, 0.3) is 0 Å². The van der Waals surface area contributed by atoms with Crippen LogP contribution in [-0.2, 0) is 4.79 Å². The van der Waals surface area contributed by atoms with Crippen LogP contribution in [0.4, 0.5) is 5.69 Å². The highest BCUT2D eigenvalue weighted by Gasteiger charge is 2.42. The molecule has 0 spiro atoms. The number of primary amides is 1. The second-order valence-corrected chi connectivity index (χ2v) is 4.70. The third kappa shape index (κ3) is 2.09. The van der Waals surface area contributed by atoms with Crippen LogP contribution in [0.15, 0.2) is 24.3 Å². The quantitative estimate of drug-likeness (QED) is 0.735. The molecule has 1 aromatic rings. The van der Waals surface area contributed by atoms with Crippen molar-refractivity contribution >= 4 is 17.5 Å². The van der Waals surface area contributed by atoms with Crippen molar-refractivity contribution in [3.05, 3.63) is 29.8 Å². The minimum absolute atomic E-state index is 0.120. The first kappa shape index (κ1) is 12.6. The summed E-state index contributed by atoms with van der Waals surface area (Å²) < 4.78 is 0. The van der Waals surface area contributed by atoms with Gasteiger partial charge in [0.05, 0.1) is 16.7 Å². The van der Waals surface area contributed by atoms with E-state index in [0.717, 1.165) is 19.3 Å². The summed E-state index contributed by atoms with van der Waals surface area (Å²) in [6, 6.07) is 6.71. The lowest BCUT2D eigenvalue weighted by atomic mass is 9.68. The highest BCUT2D eigenvalue weighted by molar-refractivity contribution is 6.04. The molecule has 5 N–H and O–H groups in total. The van der Waals surface area contributed by atoms with Crippen LogP contribution in [0.3, 0.4) is 0 Å². The third-order valence-corrected chi connectivity index (χ3v) is 3.62. The van der Waals surface area contributed by atoms with Crippen molar-refractivity contribution in [1.82, 2.24) is 0 Å². The second kappa shape index (κ2) is 4.78. The minimum atomic E-state index is -0.554. The standard InChI is InChI=1S/C13H17N3O2/c14-8-13(6-3-7-13)12(18)16-10-5-2-1-4-9(10)11(15)17/h1-2,4-5H,3,6-8,14H2,(H2,15,17)(H,16,18). The molecule has 1 saturated carbocycles. The average molecular weight is 247 g/mol. The van der Waals surface area contributed by atoms with Crippen molar-refractivity contribution in [3.8, 4) is 0 Å². The lowest BCUT2D eigenvalue weighted by Gasteiger charge is -2.39. The number of para-hydroxylation sites is 1. The van der Waals surface area contributed by atoms with Crippen LogP contribution in [0.5, 0.6) is 0 Å². The summed E-state index contributed by atoms with van der Waals surface area (Å²) >= 11 is 0. The molecule has 1 aromatic carbocycles. The molecule has 0 unspecified atom stereocenters. The van der Waals surface area contributed by atoms with Gasteiger partial charge in [-0.15, -0.1) is 0 Å². The van der Waals surface area contributed by atoms with Crippen LogP contribution < -0.4 is 16.8 Å². The van der Waals surface area contributed by atoms with Crippen molar-refractivity contribution in [1.29, 1.82) is 0 Å². The Labute approximate surface area is 106 Å². The van der Waals surface area contributed by atoms with Crippen LogP contribution in [-0.4, -0.2) is 18.4 Å². The average Bonchev–Trinajstić information content (AvgIpc) is 2.28. The van der Waals surface area contributed by atoms with Crippen molar-refractivity contribution in [3.63, 3.8) is 0 Å². The van der Waals surface area contributed by atoms with Gasteiger partial charge in [-0.3, -0.25) is 9.59 Å². The van der Waals surface area contributed by atoms with E-state index >= 15 is 0 Å². The highest BCUT2D eigenvalue weighted by Crippen LogP contribution is 2.40. The summed E-state index contributed by atoms with van der Waals surface area (Å²) in [6.07, 6.45) is 2.62. The van der Waals surface area contributed by atoms with E-state index in [9.17, 15) is 9.59 Å². The third-order valence-electron chi connectivity index (χ3n) is 3.62. The number of carbonyl (C=O) groups is 2. The van der Waals surface area contributed by atoms with E-state index in [1.165, 1.54) is 0 Å². The second-order valence-electron chi connectivity index (χ2n) is 4.70. The van der Waals surface area contributed by atoms with Crippen molar-refractivity contribution in [2.75, 3.05) is 11.9 Å². The normalized spacial score (nSPS) is 16.7. The summed E-state index contributed by atoms with van der Waals surface area (Å²) in [7, 11) is 0. The predicted molar refractivity (Wildman–Crippen MR) is 68.9 cm³/mol. The topological polar surface area (TPSA) is 98.2 Å². The van der Waals surface area contributed by atoms with E-state index in [1.54, 1.807) is 24.3 Å². The van der Waals surface area contributed by atoms with Gasteiger partial charge < -0.3 is 16.8 Å². The molecule has 0 bridgehead atoms. The summed E-state index contributed by atoms with van der Waals surface area (Å²) in [5.74, 6) is -0.675. The van der Waals surface area contributed by atoms with Gasteiger partial charge in [0.1, 0.15) is 0 Å². The predicted octanol–water partition coefficient (Wildman–Crippen LogP) is 0.853. The molecule has 5 nitrogen and oxygen atoms in total. The minimum Gasteiger partial charge on any atom is -0.366 e. The lowest BCUT2D eigenvalue weighted by molar-refractivity contribution is -0.129. The fraction of sp³-hybridized carbons (Fsp3) is 0.385. The van der Waals surface area contributed by atoms with Gasteiger partial charge in [0, 0.05) is 6.54 Å². The number of amides is 2. The number of benzene rings is 1. The molecule has 0 saturated heterocycles. The number of nitrogens with one attached hydrogen (secondary N) is 1. The Morgan fingerprint density at radius 2 is 1.94 bits per heavy atom. The number of carbonyl (C=O) groups excluding carboxylic acids is 2. The van der Waals surface area contributed by atoms with Gasteiger partial charge in [-0.1, -0.05) is 18.6 Å². The Hall–Kier alpha value is -1.88. The molecule has 1 aliphatic rings. The summed E-state index contributed by atoms with van der Waals surface area (Å²) in [6.45, 7) is 0.331. The fourth-order valence-corrected chi connectivity index (χ4v) is 2.19. The molecular weight excluding hydrogens is 230 g/mol. The molecule has 0 atom stereocenters. The summed E-state index contributed by atoms with van der Waals surface area (Å²) in [5, 5.41) is 2.77. The Morgan fingerprint density at radius 3 is 2.44 bits per heavy atom. The maximum atomic E-state index is 12.2. The molecule has 0 radical (unpaired) electrons. The van der Waals surface area contributed by atoms with E-state index in [-0.39, 0.29) is 5.91 Å². The number of anilines is 1. The maximum absolute atomic E-state index is 12.2. The Balaban J connectivity index is 2.19. The zero-order valence-electron chi connectivity index (χ0n) is 10.1. The van der Waals surface area contributed by atoms with Crippen molar-refractivity contribution in [2.24, 2.45) is 16.9 Å². The molecule has 0 heterocycles. The summed E-state index contributed by atoms with van der Waals surface area (Å²) in [5.41, 5.74) is 11.2. The molecular formula is C13H17N3O2. The first-order valence-corrected chi connectivity index (χ1v) is 5.99. The first-order valence-electron chi connectivity index (χ1n) is 5.99. The molecule has 1 fully saturated rings. The van der Waals surface area contributed by atoms with Gasteiger partial charge in [0.2, 0.25) is 5.91 Å². The van der Waals surface area contributed by atoms with Crippen molar-refractivity contribution in [2.45, 2.75) is 19.3 Å². The number of hydrogen-bond acceptors (Lipinski definition) is 3. The van der Waals surface area contributed by atoms with E-state index in [1.807, 2.05) is 0 Å². The van der Waals surface area contributed by atoms with Crippen LogP contribution in [0.1, 0.15) is 29.6 Å². The van der Waals surface area contributed by atoms with E-state index in [4.69, 9.17) is 11.5 Å². The molecule has 96 valence electrons. The Kier molecular flexibility index (Phi) is 3.34. The number of hydrogen-bond donors (Lipinski definition) is 3. The number of nitrogens with two attached hydrogens (primary N) is 2. The molecule has 0 aliphatic heterocycles. The zero-order chi connectivity index (χ0) is 13.2. The summed E-state index contributed by atoms with van der Waals surface area (Å²) in [4.78, 5) is 23.4. The van der Waals surface area contributed by atoms with Gasteiger partial charge in [-0.05, 0) is 25.0 Å². The fourth-order valence-electron chi connectivity index (χ4n) is 2.19. The van der Waals surface area contributed by atoms with Crippen LogP contribution in [0, 0.1) is 5.41 Å². The van der Waals surface area contributed by atoms with Crippen LogP contribution in [0.2, 0.25) is 0 Å². The smallest absolute Gasteiger partial charge is 0.250 e. The molecule has 18 heavy (non-hydrogen) atoms. The van der Waals surface area contributed by atoms with Gasteiger partial charge in [0.25, 0.3) is 5.91 Å². The SMILES string of the molecule is NCC1(C(=O)Nc2ccccc2C(N)=O)CCC1. The van der Waals surface area contributed by atoms with E-state index in [0.29, 0.717) is 17.8 Å². The first-order chi connectivity index (χ1) is 8.59. The lowest BCUT2D eigenvalue weighted by Crippen LogP contribution is -2.47. The van der Waals surface area contributed by atoms with Gasteiger partial charge in [0.15, 0.2) is 0 Å². The molecule has 1 aliphatic carbocycles. The monoisotopic (exact) mass is 247 g/mol. The van der Waals surface area contributed by atoms with E-state index < -0.39 is 11.3 Å². The van der Waals surface area contributed by atoms with Crippen molar-refractivity contribution < 1.29 is 9.59 Å². The van der Waals surface area contributed by atoms with Crippen LogP contribution >= 0.6 is 0 Å². The van der Waals surface area contributed by atoms with Gasteiger partial charge in [-0.2, -0.15) is 0 Å². The molecule has 2 rings (SSSR count). The largest absolute Gasteiger partial charge is 0.366 e. The Morgan fingerprint density at radius 1 is 1.28 bits per heavy atom. The van der Waals surface area contributed by atoms with E-state index in [2.05, 4.69) is 5.32 Å².